The van der Waals surface area contributed by atoms with E-state index in [4.69, 9.17) is 9.47 Å². The summed E-state index contributed by atoms with van der Waals surface area (Å²) in [5.74, 6) is 1.82. The molecule has 7 nitrogen and oxygen atoms in total. The topological polar surface area (TPSA) is 77.8 Å². The van der Waals surface area contributed by atoms with E-state index in [-0.39, 0.29) is 11.8 Å². The summed E-state index contributed by atoms with van der Waals surface area (Å²) < 4.78 is 12.9. The third kappa shape index (κ3) is 3.00. The molecule has 3 heterocycles. The summed E-state index contributed by atoms with van der Waals surface area (Å²) in [6.07, 6.45) is 3.90. The van der Waals surface area contributed by atoms with Gasteiger partial charge in [-0.2, -0.15) is 9.61 Å². The summed E-state index contributed by atoms with van der Waals surface area (Å²) in [4.78, 5) is 16.9. The van der Waals surface area contributed by atoms with Gasteiger partial charge >= 0.3 is 0 Å². The molecule has 0 aliphatic carbocycles. The second-order valence-electron chi connectivity index (χ2n) is 5.84. The molecule has 1 amide bonds. The Hall–Kier alpha value is -3.09. The van der Waals surface area contributed by atoms with Crippen LogP contribution in [0.3, 0.4) is 0 Å². The van der Waals surface area contributed by atoms with Crippen molar-refractivity contribution in [2.75, 3.05) is 18.5 Å². The third-order valence-corrected chi connectivity index (χ3v) is 4.16. The smallest absolute Gasteiger partial charge is 0.232 e. The minimum absolute atomic E-state index is 0.101. The first-order valence-corrected chi connectivity index (χ1v) is 8.22. The number of nitrogens with zero attached hydrogens (tertiary/aromatic N) is 3. The molecule has 1 aromatic carbocycles. The molecule has 1 aliphatic rings. The van der Waals surface area contributed by atoms with Crippen molar-refractivity contribution in [1.82, 2.24) is 14.6 Å². The van der Waals surface area contributed by atoms with Crippen molar-refractivity contribution in [3.8, 4) is 11.5 Å². The monoisotopic (exact) mass is 338 g/mol. The summed E-state index contributed by atoms with van der Waals surface area (Å²) in [7, 11) is 0. The average Bonchev–Trinajstić information content (AvgIpc) is 3.11. The van der Waals surface area contributed by atoms with Gasteiger partial charge in [0.05, 0.1) is 18.7 Å². The molecule has 3 aromatic rings. The van der Waals surface area contributed by atoms with Gasteiger partial charge in [-0.1, -0.05) is 0 Å². The highest BCUT2D eigenvalue weighted by atomic mass is 16.5. The minimum Gasteiger partial charge on any atom is -0.494 e. The fourth-order valence-electron chi connectivity index (χ4n) is 2.95. The van der Waals surface area contributed by atoms with Gasteiger partial charge in [-0.3, -0.25) is 4.79 Å². The number of carbonyl (C=O) groups excluding carboxylic acids is 1. The number of benzene rings is 1. The maximum atomic E-state index is 12.7. The molecule has 1 atom stereocenters. The molecule has 0 saturated heterocycles. The number of anilines is 1. The summed E-state index contributed by atoms with van der Waals surface area (Å²) in [5, 5.41) is 7.10. The zero-order valence-electron chi connectivity index (χ0n) is 13.8. The molecule has 0 radical (unpaired) electrons. The number of fused-ring (bicyclic) bond motifs is 2. The Morgan fingerprint density at radius 2 is 2.28 bits per heavy atom. The molecule has 128 valence electrons. The van der Waals surface area contributed by atoms with Crippen LogP contribution in [0.5, 0.6) is 11.5 Å². The van der Waals surface area contributed by atoms with Crippen LogP contribution in [-0.2, 0) is 11.2 Å². The van der Waals surface area contributed by atoms with Gasteiger partial charge in [-0.15, -0.1) is 0 Å². The van der Waals surface area contributed by atoms with Crippen molar-refractivity contribution in [1.29, 1.82) is 0 Å². The Balaban J connectivity index is 1.52. The Morgan fingerprint density at radius 3 is 3.16 bits per heavy atom. The molecule has 2 aromatic heterocycles. The van der Waals surface area contributed by atoms with Crippen molar-refractivity contribution >= 4 is 17.4 Å². The van der Waals surface area contributed by atoms with Gasteiger partial charge in [0, 0.05) is 12.3 Å². The maximum absolute atomic E-state index is 12.7. The molecule has 25 heavy (non-hydrogen) atoms. The first kappa shape index (κ1) is 15.4. The van der Waals surface area contributed by atoms with E-state index in [9.17, 15) is 4.79 Å². The lowest BCUT2D eigenvalue weighted by atomic mass is 9.96. The first-order chi connectivity index (χ1) is 12.2. The number of hydrogen-bond acceptors (Lipinski definition) is 5. The average molecular weight is 338 g/mol. The highest BCUT2D eigenvalue weighted by molar-refractivity contribution is 5.92. The molecule has 1 aliphatic heterocycles. The number of rotatable bonds is 4. The summed E-state index contributed by atoms with van der Waals surface area (Å²) in [6.45, 7) is 2.89. The number of amides is 1. The van der Waals surface area contributed by atoms with Crippen molar-refractivity contribution in [3.05, 3.63) is 48.3 Å². The lowest BCUT2D eigenvalue weighted by Crippen LogP contribution is -2.33. The Morgan fingerprint density at radius 1 is 1.36 bits per heavy atom. The van der Waals surface area contributed by atoms with Crippen LogP contribution in [0.25, 0.3) is 5.65 Å². The molecule has 0 unspecified atom stereocenters. The second kappa shape index (κ2) is 6.43. The fourth-order valence-corrected chi connectivity index (χ4v) is 2.95. The van der Waals surface area contributed by atoms with Gasteiger partial charge in [-0.25, -0.2) is 4.98 Å². The van der Waals surface area contributed by atoms with Crippen LogP contribution in [0.2, 0.25) is 0 Å². The van der Waals surface area contributed by atoms with Crippen molar-refractivity contribution in [3.63, 3.8) is 0 Å². The lowest BCUT2D eigenvalue weighted by Gasteiger charge is -2.25. The normalized spacial score (nSPS) is 16.1. The van der Waals surface area contributed by atoms with Crippen LogP contribution in [-0.4, -0.2) is 33.7 Å². The van der Waals surface area contributed by atoms with Gasteiger partial charge in [0.25, 0.3) is 0 Å². The Kier molecular flexibility index (Phi) is 3.97. The molecular weight excluding hydrogens is 320 g/mol. The summed E-state index contributed by atoms with van der Waals surface area (Å²) in [6, 6.07) is 9.22. The lowest BCUT2D eigenvalue weighted by molar-refractivity contribution is -0.121. The van der Waals surface area contributed by atoms with E-state index in [1.165, 1.54) is 0 Å². The van der Waals surface area contributed by atoms with Crippen molar-refractivity contribution < 1.29 is 14.3 Å². The second-order valence-corrected chi connectivity index (χ2v) is 5.84. The number of hydrogen-bond donors (Lipinski definition) is 1. The predicted molar refractivity (Wildman–Crippen MR) is 91.9 cm³/mol. The highest BCUT2D eigenvalue weighted by Crippen LogP contribution is 2.31. The van der Waals surface area contributed by atoms with E-state index in [2.05, 4.69) is 15.4 Å². The predicted octanol–water partition coefficient (Wildman–Crippen LogP) is 2.32. The molecule has 7 heteroatoms. The van der Waals surface area contributed by atoms with Crippen LogP contribution in [0.15, 0.2) is 42.7 Å². The van der Waals surface area contributed by atoms with Crippen LogP contribution in [0, 0.1) is 5.92 Å². The van der Waals surface area contributed by atoms with E-state index < -0.39 is 0 Å². The summed E-state index contributed by atoms with van der Waals surface area (Å²) in [5.41, 5.74) is 1.67. The number of aromatic nitrogens is 3. The largest absolute Gasteiger partial charge is 0.494 e. The number of ether oxygens (including phenoxy) is 2. The standard InChI is InChI=1S/C18H18N4O3/c1-2-24-14-3-4-15-12(10-14)9-13(11-25-15)18(23)21-17-5-7-19-16-6-8-20-22(16)17/h3-8,10,13H,2,9,11H2,1H3,(H,21,23)/t13-/m1/s1. The fraction of sp³-hybridized carbons (Fsp3) is 0.278. The molecule has 1 N–H and O–H groups in total. The van der Waals surface area contributed by atoms with Crippen LogP contribution in [0.4, 0.5) is 5.82 Å². The van der Waals surface area contributed by atoms with Crippen LogP contribution < -0.4 is 14.8 Å². The summed E-state index contributed by atoms with van der Waals surface area (Å²) >= 11 is 0. The van der Waals surface area contributed by atoms with E-state index in [0.717, 1.165) is 17.1 Å². The van der Waals surface area contributed by atoms with Gasteiger partial charge in [0.1, 0.15) is 23.9 Å². The zero-order chi connectivity index (χ0) is 17.2. The molecule has 4 rings (SSSR count). The highest BCUT2D eigenvalue weighted by Gasteiger charge is 2.27. The van der Waals surface area contributed by atoms with E-state index >= 15 is 0 Å². The van der Waals surface area contributed by atoms with Crippen LogP contribution in [0.1, 0.15) is 12.5 Å². The van der Waals surface area contributed by atoms with E-state index in [0.29, 0.717) is 31.1 Å². The number of carbonyl (C=O) groups is 1. The molecule has 0 spiro atoms. The van der Waals surface area contributed by atoms with Gasteiger partial charge in [0.15, 0.2) is 5.65 Å². The Labute approximate surface area is 144 Å². The molecule has 0 saturated carbocycles. The SMILES string of the molecule is CCOc1ccc2c(c1)C[C@@H](C(=O)Nc1ccnc3ccnn13)CO2. The minimum atomic E-state index is -0.275. The molecular formula is C18H18N4O3. The first-order valence-electron chi connectivity index (χ1n) is 8.22. The van der Waals surface area contributed by atoms with Gasteiger partial charge in [-0.05, 0) is 43.2 Å². The van der Waals surface area contributed by atoms with E-state index in [1.54, 1.807) is 29.0 Å². The molecule has 0 fully saturated rings. The van der Waals surface area contributed by atoms with Crippen molar-refractivity contribution in [2.24, 2.45) is 5.92 Å². The molecule has 0 bridgehead atoms. The number of nitrogens with one attached hydrogen (secondary N) is 1. The quantitative estimate of drug-likeness (QED) is 0.790. The Bertz CT molecular complexity index is 922. The van der Waals surface area contributed by atoms with Gasteiger partial charge in [0.2, 0.25) is 5.91 Å². The van der Waals surface area contributed by atoms with Gasteiger partial charge < -0.3 is 14.8 Å². The van der Waals surface area contributed by atoms with Crippen molar-refractivity contribution in [2.45, 2.75) is 13.3 Å². The third-order valence-electron chi connectivity index (χ3n) is 4.16. The van der Waals surface area contributed by atoms with Crippen LogP contribution >= 0.6 is 0 Å². The zero-order valence-corrected chi connectivity index (χ0v) is 13.8. The maximum Gasteiger partial charge on any atom is 0.232 e. The van der Waals surface area contributed by atoms with E-state index in [1.807, 2.05) is 25.1 Å².